The Morgan fingerprint density at radius 1 is 0.841 bits per heavy atom. The highest BCUT2D eigenvalue weighted by Crippen LogP contribution is 2.61. The molecule has 0 radical (unpaired) electrons. The zero-order valence-corrected chi connectivity index (χ0v) is 47.4. The number of nitrogens with zero attached hydrogens (tertiary/aromatic N) is 5. The number of aliphatic hydroxyl groups excluding tert-OH is 3. The number of hydrogen-bond donors (Lipinski definition) is 18. The number of aliphatic hydroxyl groups is 3. The number of amides is 8. The zero-order valence-electron chi connectivity index (χ0n) is 43.9. The Kier molecular flexibility index (Phi) is 27.5. The number of phosphoric acid groups is 3. The Bertz CT molecular complexity index is 2750. The summed E-state index contributed by atoms with van der Waals surface area (Å²) in [5.41, 5.74) is 19.8. The van der Waals surface area contributed by atoms with Gasteiger partial charge in [0, 0.05) is 37.2 Å². The Morgan fingerprint density at radius 2 is 1.46 bits per heavy atom. The number of phosphoric ester groups is 3. The van der Waals surface area contributed by atoms with E-state index >= 15 is 0 Å². The summed E-state index contributed by atoms with van der Waals surface area (Å²) in [5.74, 6) is -6.96. The third kappa shape index (κ3) is 24.0. The second-order valence-electron chi connectivity index (χ2n) is 18.1. The van der Waals surface area contributed by atoms with Gasteiger partial charge in [-0.1, -0.05) is 13.8 Å². The van der Waals surface area contributed by atoms with Crippen LogP contribution >= 0.6 is 35.2 Å². The topological polar surface area (TPSA) is 620 Å². The smallest absolute Gasteiger partial charge is 0.394 e. The summed E-state index contributed by atoms with van der Waals surface area (Å²) >= 11 is 1.01. The SMILES string of the molecule is C[C@H](NC(=O)CNC(=O)[C@H](CCCN=C(N)N)NC(=O)CNC(=O)[C@H](CO)NC(=O)CSCCNC(=O)CCNC(=O)C(O)C(C)(C)COP(=O)(O)OP(=O)(O)OC[C@H]1O[C@@H](n2cnc3c(N)ncnc32)[C@H](OP(=O)(O)O)[C@@H]1O)C(N)=O. The number of fused-ring (bicyclic) bond motifs is 1. The maximum atomic E-state index is 12.8. The molecule has 0 spiro atoms. The highest BCUT2D eigenvalue weighted by atomic mass is 32.2. The number of thioether (sulfide) groups is 1. The molecule has 3 heterocycles. The van der Waals surface area contributed by atoms with E-state index in [1.165, 1.54) is 20.8 Å². The highest BCUT2D eigenvalue weighted by Gasteiger charge is 2.50. The molecule has 0 aromatic carbocycles. The van der Waals surface area contributed by atoms with Gasteiger partial charge in [0.05, 0.1) is 45.0 Å². The molecule has 3 rings (SSSR count). The molecule has 1 aliphatic heterocycles. The van der Waals surface area contributed by atoms with Gasteiger partial charge in [0.2, 0.25) is 47.3 Å². The lowest BCUT2D eigenvalue weighted by atomic mass is 9.87. The van der Waals surface area contributed by atoms with Crippen molar-refractivity contribution in [2.45, 2.75) is 88.8 Å². The summed E-state index contributed by atoms with van der Waals surface area (Å²) in [6.07, 6.45) is -7.26. The van der Waals surface area contributed by atoms with Crippen LogP contribution in [0.2, 0.25) is 0 Å². The summed E-state index contributed by atoms with van der Waals surface area (Å²) in [5, 5.41) is 47.5. The van der Waals surface area contributed by atoms with Crippen molar-refractivity contribution in [2.24, 2.45) is 27.6 Å². The van der Waals surface area contributed by atoms with Crippen molar-refractivity contribution in [1.29, 1.82) is 0 Å². The molecule has 3 unspecified atom stereocenters. The molecule has 0 aliphatic carbocycles. The van der Waals surface area contributed by atoms with Gasteiger partial charge in [-0.05, 0) is 19.8 Å². The molecule has 10 atom stereocenters. The molecule has 39 nitrogen and oxygen atoms in total. The van der Waals surface area contributed by atoms with E-state index in [-0.39, 0.29) is 73.3 Å². The van der Waals surface area contributed by atoms with Crippen LogP contribution in [-0.2, 0) is 74.7 Å². The molecule has 462 valence electrons. The van der Waals surface area contributed by atoms with Crippen molar-refractivity contribution in [3.8, 4) is 0 Å². The number of aliphatic imine (C=N–C) groups is 1. The molecule has 1 aliphatic rings. The normalized spacial score (nSPS) is 19.2. The summed E-state index contributed by atoms with van der Waals surface area (Å²) in [6.45, 7) is -0.765. The van der Waals surface area contributed by atoms with Crippen LogP contribution in [-0.4, -0.2) is 214 Å². The summed E-state index contributed by atoms with van der Waals surface area (Å²) in [7, 11) is -16.5. The van der Waals surface area contributed by atoms with Crippen LogP contribution in [0.1, 0.15) is 46.3 Å². The Hall–Kier alpha value is -6.06. The highest BCUT2D eigenvalue weighted by molar-refractivity contribution is 7.99. The van der Waals surface area contributed by atoms with Gasteiger partial charge in [0.25, 0.3) is 0 Å². The number of nitrogen functional groups attached to an aromatic ring is 1. The van der Waals surface area contributed by atoms with Crippen LogP contribution in [0.3, 0.4) is 0 Å². The number of guanidine groups is 1. The Morgan fingerprint density at radius 3 is 2.09 bits per heavy atom. The van der Waals surface area contributed by atoms with Crippen LogP contribution in [0, 0.1) is 5.41 Å². The average molecular weight is 1250 g/mol. The number of anilines is 1. The first-order chi connectivity index (χ1) is 38.2. The molecular formula is C39H67N16O23P3S. The average Bonchev–Trinajstić information content (AvgIpc) is 3.95. The van der Waals surface area contributed by atoms with Gasteiger partial charge < -0.3 is 99.8 Å². The van der Waals surface area contributed by atoms with Crippen LogP contribution in [0.15, 0.2) is 17.6 Å². The number of carbonyl (C=O) groups excluding carboxylic acids is 8. The first-order valence-corrected chi connectivity index (χ1v) is 29.7. The van der Waals surface area contributed by atoms with Gasteiger partial charge >= 0.3 is 23.5 Å². The first kappa shape index (κ1) is 70.2. The Balaban J connectivity index is 1.36. The molecule has 0 bridgehead atoms. The molecule has 2 aromatic heterocycles. The number of nitrogens with one attached hydrogen (secondary N) is 7. The minimum atomic E-state index is -5.61. The predicted molar refractivity (Wildman–Crippen MR) is 281 cm³/mol. The van der Waals surface area contributed by atoms with E-state index in [0.29, 0.717) is 0 Å². The van der Waals surface area contributed by atoms with E-state index in [1.54, 1.807) is 0 Å². The number of imidazole rings is 1. The number of primary amides is 1. The summed E-state index contributed by atoms with van der Waals surface area (Å²) in [6, 6.07) is -3.77. The molecule has 22 N–H and O–H groups in total. The maximum Gasteiger partial charge on any atom is 0.481 e. The van der Waals surface area contributed by atoms with Crippen molar-refractivity contribution in [2.75, 3.05) is 69.8 Å². The quantitative estimate of drug-likeness (QED) is 0.0130. The fourth-order valence-corrected chi connectivity index (χ4v) is 10.2. The van der Waals surface area contributed by atoms with Gasteiger partial charge in [0.1, 0.15) is 54.4 Å². The monoisotopic (exact) mass is 1250 g/mol. The zero-order chi connectivity index (χ0) is 61.8. The number of ether oxygens (including phenoxy) is 1. The largest absolute Gasteiger partial charge is 0.481 e. The lowest BCUT2D eigenvalue weighted by molar-refractivity contribution is -0.137. The van der Waals surface area contributed by atoms with Gasteiger partial charge in [-0.25, -0.2) is 28.6 Å². The van der Waals surface area contributed by atoms with Crippen LogP contribution in [0.5, 0.6) is 0 Å². The third-order valence-electron chi connectivity index (χ3n) is 11.0. The minimum Gasteiger partial charge on any atom is -0.394 e. The minimum absolute atomic E-state index is 0.0167. The number of rotatable bonds is 36. The number of hydrogen-bond acceptors (Lipinski definition) is 25. The third-order valence-corrected chi connectivity index (χ3v) is 15.0. The first-order valence-electron chi connectivity index (χ1n) is 24.0. The number of aromatic nitrogens is 4. The van der Waals surface area contributed by atoms with Crippen molar-refractivity contribution in [3.05, 3.63) is 12.7 Å². The van der Waals surface area contributed by atoms with E-state index in [1.807, 2.05) is 0 Å². The lowest BCUT2D eigenvalue weighted by Gasteiger charge is -2.30. The molecule has 2 aromatic rings. The molecule has 0 saturated carbocycles. The second kappa shape index (κ2) is 32.1. The fraction of sp³-hybridized carbons (Fsp3) is 0.641. The van der Waals surface area contributed by atoms with Crippen LogP contribution in [0.25, 0.3) is 11.2 Å². The van der Waals surface area contributed by atoms with Crippen molar-refractivity contribution in [3.63, 3.8) is 0 Å². The van der Waals surface area contributed by atoms with Gasteiger partial charge in [-0.3, -0.25) is 61.5 Å². The van der Waals surface area contributed by atoms with E-state index in [2.05, 4.69) is 61.5 Å². The van der Waals surface area contributed by atoms with Crippen LogP contribution < -0.4 is 60.2 Å². The molecule has 8 amide bonds. The molecule has 1 fully saturated rings. The number of nitrogens with two attached hydrogens (primary N) is 4. The second-order valence-corrected chi connectivity index (χ2v) is 23.5. The molecule has 1 saturated heterocycles. The van der Waals surface area contributed by atoms with E-state index < -0.39 is 158 Å². The maximum absolute atomic E-state index is 12.8. The molecule has 82 heavy (non-hydrogen) atoms. The standard InChI is InChI=1S/C39H67N16O23P3S/c1-19(32(41)63)52-24(58)11-47-34(64)20(5-4-7-46-38(42)43)53-25(59)12-48-35(65)21(13-56)54-26(60)15-82-10-9-44-23(57)6-8-45-36(66)30(62)39(2,3)16-75-81(72,73)78-80(70,71)74-14-22-28(61)29(77-79(67,68)69)37(76-22)55-18-51-27-31(40)49-17-50-33(27)55/h17-22,28-30,37,56,61-62H,4-16H2,1-3H3,(H2,41,63)(H,44,57)(H,45,66)(H,47,64)(H,48,65)(H,52,58)(H,53,59)(H,54,60)(H,70,71)(H,72,73)(H2,40,49,50)(H4,42,43,46)(H2,67,68,69)/t19-,20-,21-,22+,28+,29+,30?,37+/m0/s1. The Labute approximate surface area is 469 Å². The van der Waals surface area contributed by atoms with Crippen LogP contribution in [0.4, 0.5) is 5.82 Å². The fourth-order valence-electron chi connectivity index (χ4n) is 6.74. The van der Waals surface area contributed by atoms with Crippen molar-refractivity contribution >= 4 is 105 Å². The van der Waals surface area contributed by atoms with Gasteiger partial charge in [0.15, 0.2) is 23.7 Å². The van der Waals surface area contributed by atoms with Gasteiger partial charge in [-0.15, -0.1) is 0 Å². The van der Waals surface area contributed by atoms with E-state index in [9.17, 15) is 86.9 Å². The predicted octanol–water partition coefficient (Wildman–Crippen LogP) is -7.62. The lowest BCUT2D eigenvalue weighted by Crippen LogP contribution is -2.54. The van der Waals surface area contributed by atoms with Gasteiger partial charge in [-0.2, -0.15) is 16.1 Å². The van der Waals surface area contributed by atoms with Crippen molar-refractivity contribution < 1.29 is 110 Å². The van der Waals surface area contributed by atoms with E-state index in [0.717, 1.165) is 29.0 Å². The van der Waals surface area contributed by atoms with E-state index in [4.69, 9.17) is 41.2 Å². The number of carbonyl (C=O) groups is 8. The summed E-state index contributed by atoms with van der Waals surface area (Å²) in [4.78, 5) is 154. The summed E-state index contributed by atoms with van der Waals surface area (Å²) < 4.78 is 62.4. The van der Waals surface area contributed by atoms with Crippen molar-refractivity contribution in [1.82, 2.24) is 56.7 Å². The molecule has 43 heteroatoms. The molecular weight excluding hydrogens is 1190 g/mol.